The summed E-state index contributed by atoms with van der Waals surface area (Å²) >= 11 is 1.08. The van der Waals surface area contributed by atoms with Crippen molar-refractivity contribution in [1.82, 2.24) is 14.6 Å². The Morgan fingerprint density at radius 1 is 1.40 bits per heavy atom. The van der Waals surface area contributed by atoms with Crippen LogP contribution in [0.1, 0.15) is 11.3 Å². The van der Waals surface area contributed by atoms with Crippen LogP contribution in [0.3, 0.4) is 0 Å². The van der Waals surface area contributed by atoms with Crippen molar-refractivity contribution in [3.8, 4) is 0 Å². The summed E-state index contributed by atoms with van der Waals surface area (Å²) in [6.07, 6.45) is 2.96. The van der Waals surface area contributed by atoms with E-state index >= 15 is 0 Å². The first kappa shape index (κ1) is 21.4. The van der Waals surface area contributed by atoms with Gasteiger partial charge in [0.1, 0.15) is 18.8 Å². The highest BCUT2D eigenvalue weighted by Gasteiger charge is 2.53. The molecule has 0 unspecified atom stereocenters. The van der Waals surface area contributed by atoms with E-state index in [9.17, 15) is 22.6 Å². The first-order chi connectivity index (χ1) is 14.2. The minimum absolute atomic E-state index is 0.131. The van der Waals surface area contributed by atoms with Crippen molar-refractivity contribution in [3.63, 3.8) is 0 Å². The van der Waals surface area contributed by atoms with Crippen molar-refractivity contribution < 1.29 is 27.4 Å². The molecule has 1 aliphatic rings. The van der Waals surface area contributed by atoms with E-state index < -0.39 is 34.2 Å². The third-order valence-electron chi connectivity index (χ3n) is 4.08. The molecule has 0 radical (unpaired) electrons. The van der Waals surface area contributed by atoms with Gasteiger partial charge in [0, 0.05) is 5.38 Å². The van der Waals surface area contributed by atoms with Crippen LogP contribution in [0.2, 0.25) is 0 Å². The van der Waals surface area contributed by atoms with Crippen LogP contribution in [0.5, 0.6) is 0 Å². The summed E-state index contributed by atoms with van der Waals surface area (Å²) in [5.41, 5.74) is 6.19. The summed E-state index contributed by atoms with van der Waals surface area (Å²) in [6.45, 7) is 0. The van der Waals surface area contributed by atoms with E-state index in [-0.39, 0.29) is 20.8 Å². The fourth-order valence-electron chi connectivity index (χ4n) is 2.76. The number of nitrogens with one attached hydrogen (secondary N) is 1. The van der Waals surface area contributed by atoms with Crippen molar-refractivity contribution in [2.45, 2.75) is 12.1 Å². The van der Waals surface area contributed by atoms with Gasteiger partial charge in [-0.1, -0.05) is 47.6 Å². The molecule has 0 saturated carbocycles. The van der Waals surface area contributed by atoms with Crippen molar-refractivity contribution >= 4 is 50.4 Å². The Balaban J connectivity index is 1.85. The predicted molar refractivity (Wildman–Crippen MR) is 110 cm³/mol. The summed E-state index contributed by atoms with van der Waals surface area (Å²) in [4.78, 5) is 33.6. The zero-order valence-corrected chi connectivity index (χ0v) is 17.1. The minimum atomic E-state index is -4.82. The van der Waals surface area contributed by atoms with Gasteiger partial charge >= 0.3 is 10.3 Å². The number of nitrogen functional groups attached to an aromatic ring is 1. The fourth-order valence-corrected chi connectivity index (χ4v) is 4.15. The molecular weight excluding hydrogens is 434 g/mol. The van der Waals surface area contributed by atoms with Crippen LogP contribution < -0.4 is 11.1 Å². The largest absolute Gasteiger partial charge is 0.398 e. The standard InChI is InChI=1S/C17H17N5O6S2/c1-28-21-13(11-9-29-17(18)19-11)15(23)20-14-12(22(16(14)24)30(25,26)27)8-7-10-5-3-2-4-6-10/h2-9,12,14H,1H3,(H2,18,19)(H,20,23)(H,25,26,27)/t12-,14+/m1/s1. The lowest BCUT2D eigenvalue weighted by Gasteiger charge is -2.42. The van der Waals surface area contributed by atoms with Crippen LogP contribution in [0.25, 0.3) is 6.08 Å². The van der Waals surface area contributed by atoms with Crippen LogP contribution in [-0.2, 0) is 24.7 Å². The second-order valence-electron chi connectivity index (χ2n) is 6.02. The molecule has 1 aromatic heterocycles. The van der Waals surface area contributed by atoms with Crippen molar-refractivity contribution in [1.29, 1.82) is 0 Å². The van der Waals surface area contributed by atoms with Crippen LogP contribution in [-0.4, -0.2) is 59.0 Å². The first-order valence-electron chi connectivity index (χ1n) is 8.39. The number of carbonyl (C=O) groups excluding carboxylic acids is 2. The molecule has 0 aliphatic carbocycles. The Hall–Kier alpha value is -3.29. The molecule has 1 saturated heterocycles. The molecule has 30 heavy (non-hydrogen) atoms. The Kier molecular flexibility index (Phi) is 6.14. The number of nitrogens with zero attached hydrogens (tertiary/aromatic N) is 3. The number of hydrogen-bond donors (Lipinski definition) is 3. The van der Waals surface area contributed by atoms with E-state index in [1.165, 1.54) is 18.6 Å². The highest BCUT2D eigenvalue weighted by molar-refractivity contribution is 7.84. The molecule has 2 heterocycles. The molecule has 1 aromatic carbocycles. The zero-order valence-electron chi connectivity index (χ0n) is 15.5. The summed E-state index contributed by atoms with van der Waals surface area (Å²) in [5, 5.41) is 7.69. The number of rotatable bonds is 7. The van der Waals surface area contributed by atoms with Gasteiger partial charge in [0.15, 0.2) is 10.8 Å². The monoisotopic (exact) mass is 451 g/mol. The summed E-state index contributed by atoms with van der Waals surface area (Å²) < 4.78 is 32.8. The predicted octanol–water partition coefficient (Wildman–Crippen LogP) is 0.288. The second-order valence-corrected chi connectivity index (χ2v) is 8.20. The van der Waals surface area contributed by atoms with E-state index in [0.29, 0.717) is 0 Å². The van der Waals surface area contributed by atoms with Crippen molar-refractivity contribution in [2.24, 2.45) is 5.16 Å². The Morgan fingerprint density at radius 3 is 2.67 bits per heavy atom. The summed E-state index contributed by atoms with van der Waals surface area (Å²) in [5.74, 6) is -1.82. The van der Waals surface area contributed by atoms with Crippen LogP contribution in [0, 0.1) is 0 Å². The maximum absolute atomic E-state index is 12.7. The van der Waals surface area contributed by atoms with E-state index in [2.05, 4.69) is 20.3 Å². The van der Waals surface area contributed by atoms with Gasteiger partial charge < -0.3 is 15.9 Å². The number of hydrogen-bond acceptors (Lipinski definition) is 9. The number of benzene rings is 1. The molecule has 2 aromatic rings. The number of β-lactam (4-membered cyclic amide) rings is 1. The molecular formula is C17H17N5O6S2. The van der Waals surface area contributed by atoms with Crippen LogP contribution in [0.4, 0.5) is 5.13 Å². The molecule has 1 aliphatic heterocycles. The van der Waals surface area contributed by atoms with Gasteiger partial charge in [-0.25, -0.2) is 9.29 Å². The van der Waals surface area contributed by atoms with E-state index in [1.807, 2.05) is 0 Å². The topological polar surface area (TPSA) is 164 Å². The molecule has 0 bridgehead atoms. The highest BCUT2D eigenvalue weighted by atomic mass is 32.2. The molecule has 158 valence electrons. The number of thiazole rings is 1. The normalized spacial score (nSPS) is 19.6. The quantitative estimate of drug-likeness (QED) is 0.234. The van der Waals surface area contributed by atoms with E-state index in [1.54, 1.807) is 36.4 Å². The third-order valence-corrected chi connectivity index (χ3v) is 5.67. The van der Waals surface area contributed by atoms with Crippen LogP contribution >= 0.6 is 11.3 Å². The molecule has 2 amide bonds. The lowest BCUT2D eigenvalue weighted by atomic mass is 9.97. The minimum Gasteiger partial charge on any atom is -0.398 e. The summed E-state index contributed by atoms with van der Waals surface area (Å²) in [7, 11) is -3.59. The SMILES string of the molecule is CON=C(C(=O)N[C@@H]1C(=O)N(S(=O)(=O)O)[C@@H]1C=Cc1ccccc1)c1csc(N)n1. The second kappa shape index (κ2) is 8.61. The molecule has 2 atom stereocenters. The number of oxime groups is 1. The van der Waals surface area contributed by atoms with Gasteiger partial charge in [-0.3, -0.25) is 14.1 Å². The van der Waals surface area contributed by atoms with Gasteiger partial charge in [0.25, 0.3) is 11.8 Å². The number of amides is 2. The lowest BCUT2D eigenvalue weighted by Crippen LogP contribution is -2.71. The molecule has 0 spiro atoms. The van der Waals surface area contributed by atoms with Gasteiger partial charge in [-0.05, 0) is 5.56 Å². The van der Waals surface area contributed by atoms with Gasteiger partial charge in [0.2, 0.25) is 0 Å². The van der Waals surface area contributed by atoms with Gasteiger partial charge in [-0.2, -0.15) is 8.42 Å². The smallest absolute Gasteiger partial charge is 0.362 e. The molecule has 13 heteroatoms. The van der Waals surface area contributed by atoms with Crippen molar-refractivity contribution in [3.05, 3.63) is 53.0 Å². The maximum Gasteiger partial charge on any atom is 0.362 e. The van der Waals surface area contributed by atoms with E-state index in [0.717, 1.165) is 16.9 Å². The average molecular weight is 451 g/mol. The molecule has 3 rings (SSSR count). The van der Waals surface area contributed by atoms with Gasteiger partial charge in [0.05, 0.1) is 6.04 Å². The Morgan fingerprint density at radius 2 is 2.10 bits per heavy atom. The van der Waals surface area contributed by atoms with Gasteiger partial charge in [-0.15, -0.1) is 11.3 Å². The Bertz CT molecular complexity index is 1110. The number of anilines is 1. The average Bonchev–Trinajstić information content (AvgIpc) is 3.12. The number of aromatic nitrogens is 1. The molecule has 11 nitrogen and oxygen atoms in total. The van der Waals surface area contributed by atoms with Crippen LogP contribution in [0.15, 0.2) is 46.9 Å². The first-order valence-corrected chi connectivity index (χ1v) is 10.7. The third kappa shape index (κ3) is 4.48. The molecule has 1 fully saturated rings. The zero-order chi connectivity index (χ0) is 21.9. The number of nitrogens with two attached hydrogens (primary N) is 1. The fraction of sp³-hybridized carbons (Fsp3) is 0.176. The lowest BCUT2D eigenvalue weighted by molar-refractivity contribution is -0.142. The maximum atomic E-state index is 12.7. The van der Waals surface area contributed by atoms with Crippen molar-refractivity contribution in [2.75, 3.05) is 12.8 Å². The van der Waals surface area contributed by atoms with E-state index in [4.69, 9.17) is 5.73 Å². The summed E-state index contributed by atoms with van der Waals surface area (Å²) in [6, 6.07) is 6.49. The highest BCUT2D eigenvalue weighted by Crippen LogP contribution is 2.26. The Labute approximate surface area is 175 Å². The molecule has 4 N–H and O–H groups in total. The number of carbonyl (C=O) groups is 2.